The fourth-order valence-electron chi connectivity index (χ4n) is 2.70. The Hall–Kier alpha value is -1.91. The zero-order valence-electron chi connectivity index (χ0n) is 11.4. The van der Waals surface area contributed by atoms with E-state index in [0.29, 0.717) is 25.7 Å². The first-order valence-corrected chi connectivity index (χ1v) is 6.75. The molecule has 4 nitrogen and oxygen atoms in total. The molecule has 20 heavy (non-hydrogen) atoms. The fraction of sp³-hybridized carbons (Fsp3) is 0.467. The third-order valence-corrected chi connectivity index (χ3v) is 3.97. The van der Waals surface area contributed by atoms with Gasteiger partial charge in [-0.05, 0) is 37.8 Å². The Balaban J connectivity index is 2.02. The van der Waals surface area contributed by atoms with Crippen LogP contribution in [0.15, 0.2) is 24.3 Å². The normalized spacial score (nSPS) is 22.3. The Labute approximate surface area is 117 Å². The molecule has 2 rings (SSSR count). The quantitative estimate of drug-likeness (QED) is 0.925. The van der Waals surface area contributed by atoms with Gasteiger partial charge in [-0.3, -0.25) is 9.59 Å². The van der Waals surface area contributed by atoms with Gasteiger partial charge in [0.1, 0.15) is 5.82 Å². The first-order chi connectivity index (χ1) is 9.50. The molecule has 0 bridgehead atoms. The number of hydrogen-bond acceptors (Lipinski definition) is 2. The van der Waals surface area contributed by atoms with E-state index in [2.05, 4.69) is 0 Å². The smallest absolute Gasteiger partial charge is 0.306 e. The Bertz CT molecular complexity index is 510. The van der Waals surface area contributed by atoms with E-state index in [4.69, 9.17) is 5.11 Å². The minimum Gasteiger partial charge on any atom is -0.481 e. The number of rotatable bonds is 3. The van der Waals surface area contributed by atoms with Crippen LogP contribution in [0.5, 0.6) is 0 Å². The number of hydrogen-bond donors (Lipinski definition) is 1. The van der Waals surface area contributed by atoms with Crippen LogP contribution in [0.2, 0.25) is 0 Å². The van der Waals surface area contributed by atoms with E-state index in [-0.39, 0.29) is 23.4 Å². The number of benzene rings is 1. The summed E-state index contributed by atoms with van der Waals surface area (Å²) in [5.74, 6) is -1.92. The molecule has 0 unspecified atom stereocenters. The van der Waals surface area contributed by atoms with Crippen LogP contribution < -0.4 is 4.90 Å². The number of carboxylic acids is 1. The van der Waals surface area contributed by atoms with Gasteiger partial charge < -0.3 is 10.0 Å². The van der Waals surface area contributed by atoms with Gasteiger partial charge >= 0.3 is 5.97 Å². The van der Waals surface area contributed by atoms with Crippen molar-refractivity contribution in [1.29, 1.82) is 0 Å². The number of carbonyl (C=O) groups excluding carboxylic acids is 1. The number of amides is 1. The second-order valence-electron chi connectivity index (χ2n) is 5.24. The first-order valence-electron chi connectivity index (χ1n) is 6.75. The maximum absolute atomic E-state index is 13.7. The molecular weight excluding hydrogens is 261 g/mol. The van der Waals surface area contributed by atoms with E-state index in [0.717, 1.165) is 0 Å². The van der Waals surface area contributed by atoms with E-state index in [1.54, 1.807) is 25.2 Å². The second kappa shape index (κ2) is 6.03. The van der Waals surface area contributed by atoms with Crippen molar-refractivity contribution in [2.45, 2.75) is 25.7 Å². The average Bonchev–Trinajstić information content (AvgIpc) is 2.46. The zero-order chi connectivity index (χ0) is 14.7. The molecule has 1 aromatic rings. The van der Waals surface area contributed by atoms with Crippen molar-refractivity contribution in [3.8, 4) is 0 Å². The van der Waals surface area contributed by atoms with Crippen molar-refractivity contribution in [3.05, 3.63) is 30.1 Å². The highest BCUT2D eigenvalue weighted by molar-refractivity contribution is 5.94. The van der Waals surface area contributed by atoms with Crippen molar-refractivity contribution in [2.24, 2.45) is 11.8 Å². The van der Waals surface area contributed by atoms with Crippen molar-refractivity contribution in [1.82, 2.24) is 0 Å². The summed E-state index contributed by atoms with van der Waals surface area (Å²) in [4.78, 5) is 24.6. The third-order valence-electron chi connectivity index (χ3n) is 3.97. The molecule has 0 aromatic heterocycles. The highest BCUT2D eigenvalue weighted by Crippen LogP contribution is 2.31. The third kappa shape index (κ3) is 2.98. The monoisotopic (exact) mass is 279 g/mol. The summed E-state index contributed by atoms with van der Waals surface area (Å²) in [6, 6.07) is 6.15. The molecule has 1 aliphatic rings. The number of aliphatic carboxylic acids is 1. The Kier molecular flexibility index (Phi) is 4.37. The van der Waals surface area contributed by atoms with Gasteiger partial charge in [-0.15, -0.1) is 0 Å². The standard InChI is InChI=1S/C15H18FNO3/c1-17(13-5-3-2-4-12(13)16)14(18)10-6-8-11(9-7-10)15(19)20/h2-5,10-11H,6-9H2,1H3,(H,19,20). The largest absolute Gasteiger partial charge is 0.481 e. The van der Waals surface area contributed by atoms with E-state index >= 15 is 0 Å². The topological polar surface area (TPSA) is 57.6 Å². The van der Waals surface area contributed by atoms with E-state index in [9.17, 15) is 14.0 Å². The number of nitrogens with zero attached hydrogens (tertiary/aromatic N) is 1. The van der Waals surface area contributed by atoms with Gasteiger partial charge in [-0.25, -0.2) is 4.39 Å². The Morgan fingerprint density at radius 3 is 2.25 bits per heavy atom. The highest BCUT2D eigenvalue weighted by Gasteiger charge is 2.31. The zero-order valence-corrected chi connectivity index (χ0v) is 11.4. The van der Waals surface area contributed by atoms with Gasteiger partial charge in [0.2, 0.25) is 5.91 Å². The number of halogens is 1. The van der Waals surface area contributed by atoms with Gasteiger partial charge in [0.25, 0.3) is 0 Å². The molecule has 1 aliphatic carbocycles. The van der Waals surface area contributed by atoms with Crippen molar-refractivity contribution in [2.75, 3.05) is 11.9 Å². The second-order valence-corrected chi connectivity index (χ2v) is 5.24. The van der Waals surface area contributed by atoms with Crippen LogP contribution in [0.4, 0.5) is 10.1 Å². The molecule has 5 heteroatoms. The summed E-state index contributed by atoms with van der Waals surface area (Å²) >= 11 is 0. The molecule has 0 heterocycles. The fourth-order valence-corrected chi connectivity index (χ4v) is 2.70. The molecule has 1 fully saturated rings. The molecular formula is C15H18FNO3. The highest BCUT2D eigenvalue weighted by atomic mass is 19.1. The van der Waals surface area contributed by atoms with E-state index in [1.807, 2.05) is 0 Å². The summed E-state index contributed by atoms with van der Waals surface area (Å²) < 4.78 is 13.7. The number of anilines is 1. The number of carboxylic acid groups (broad SMARTS) is 1. The van der Waals surface area contributed by atoms with Gasteiger partial charge in [-0.1, -0.05) is 12.1 Å². The molecule has 0 radical (unpaired) electrons. The van der Waals surface area contributed by atoms with E-state index in [1.165, 1.54) is 11.0 Å². The van der Waals surface area contributed by atoms with Crippen LogP contribution in [0.1, 0.15) is 25.7 Å². The lowest BCUT2D eigenvalue weighted by Gasteiger charge is -2.29. The molecule has 0 spiro atoms. The number of para-hydroxylation sites is 1. The maximum atomic E-state index is 13.7. The average molecular weight is 279 g/mol. The predicted octanol–water partition coefficient (Wildman–Crippen LogP) is 2.68. The van der Waals surface area contributed by atoms with Crippen LogP contribution >= 0.6 is 0 Å². The molecule has 108 valence electrons. The molecule has 1 amide bonds. The number of carbonyl (C=O) groups is 2. The van der Waals surface area contributed by atoms with Gasteiger partial charge in [0.05, 0.1) is 11.6 Å². The lowest BCUT2D eigenvalue weighted by atomic mass is 9.81. The molecule has 0 saturated heterocycles. The minimum absolute atomic E-state index is 0.140. The molecule has 1 saturated carbocycles. The lowest BCUT2D eigenvalue weighted by Crippen LogP contribution is -2.36. The van der Waals surface area contributed by atoms with Gasteiger partial charge in [-0.2, -0.15) is 0 Å². The summed E-state index contributed by atoms with van der Waals surface area (Å²) in [6.45, 7) is 0. The summed E-state index contributed by atoms with van der Waals surface area (Å²) in [7, 11) is 1.56. The maximum Gasteiger partial charge on any atom is 0.306 e. The van der Waals surface area contributed by atoms with Crippen LogP contribution in [0.25, 0.3) is 0 Å². The summed E-state index contributed by atoms with van der Waals surface area (Å²) in [5, 5.41) is 8.94. The van der Waals surface area contributed by atoms with E-state index < -0.39 is 11.8 Å². The summed E-state index contributed by atoms with van der Waals surface area (Å²) in [5.41, 5.74) is 0.262. The Morgan fingerprint density at radius 1 is 1.15 bits per heavy atom. The van der Waals surface area contributed by atoms with Crippen LogP contribution in [-0.4, -0.2) is 24.0 Å². The van der Waals surface area contributed by atoms with Crippen LogP contribution in [0, 0.1) is 17.7 Å². The van der Waals surface area contributed by atoms with Crippen molar-refractivity contribution >= 4 is 17.6 Å². The van der Waals surface area contributed by atoms with Crippen LogP contribution in [-0.2, 0) is 9.59 Å². The van der Waals surface area contributed by atoms with Crippen LogP contribution in [0.3, 0.4) is 0 Å². The predicted molar refractivity (Wildman–Crippen MR) is 72.9 cm³/mol. The Morgan fingerprint density at radius 2 is 1.70 bits per heavy atom. The minimum atomic E-state index is -0.793. The van der Waals surface area contributed by atoms with Gasteiger partial charge in [0.15, 0.2) is 0 Å². The molecule has 0 atom stereocenters. The lowest BCUT2D eigenvalue weighted by molar-refractivity contribution is -0.143. The van der Waals surface area contributed by atoms with Crippen molar-refractivity contribution < 1.29 is 19.1 Å². The molecule has 1 aromatic carbocycles. The molecule has 1 N–H and O–H groups in total. The first kappa shape index (κ1) is 14.5. The van der Waals surface area contributed by atoms with Gasteiger partial charge in [0, 0.05) is 13.0 Å². The van der Waals surface area contributed by atoms with Crippen molar-refractivity contribution in [3.63, 3.8) is 0 Å². The molecule has 0 aliphatic heterocycles. The SMILES string of the molecule is CN(C(=O)C1CCC(C(=O)O)CC1)c1ccccc1F. The summed E-state index contributed by atoms with van der Waals surface area (Å²) in [6.07, 6.45) is 2.12.